The van der Waals surface area contributed by atoms with E-state index < -0.39 is 85.8 Å². The fourth-order valence-corrected chi connectivity index (χ4v) is 4.97. The lowest BCUT2D eigenvalue weighted by atomic mass is 9.75. The Balaban J connectivity index is 1.95. The molecule has 33 heavy (non-hydrogen) atoms. The van der Waals surface area contributed by atoms with E-state index in [4.69, 9.17) is 14.2 Å². The van der Waals surface area contributed by atoms with E-state index in [9.17, 15) is 45.6 Å². The summed E-state index contributed by atoms with van der Waals surface area (Å²) in [5, 5.41) is 82.1. The lowest BCUT2D eigenvalue weighted by Gasteiger charge is -2.49. The minimum absolute atomic E-state index is 0.440. The van der Waals surface area contributed by atoms with Crippen LogP contribution in [0.25, 0.3) is 0 Å². The van der Waals surface area contributed by atoms with E-state index in [-0.39, 0.29) is 0 Å². The molecule has 3 rings (SSSR count). The van der Waals surface area contributed by atoms with E-state index in [1.165, 1.54) is 0 Å². The number of aliphatic hydroxyl groups excluding tert-OH is 7. The molecule has 3 aliphatic rings. The molecule has 1 aliphatic carbocycles. The Hall–Kier alpha value is -0.770. The number of carbonyl (C=O) groups excluding carboxylic acids is 1. The standard InChI is InChI=1S/C21H36O12/c22-8-12-14(25)18(29)21(30,16(27)11-6-4-2-1-3-5-7-11)19(31-12)33-20(10-24)17(28)15(26)13(9-23)32-20/h11-15,17-19,22-26,28-30H,1-10H2/t12-,13-,14-,15-,17+,18+,19-,20?,21-/m1/s1. The summed E-state index contributed by atoms with van der Waals surface area (Å²) in [4.78, 5) is 13.5. The Morgan fingerprint density at radius 1 is 0.848 bits per heavy atom. The number of rotatable bonds is 7. The van der Waals surface area contributed by atoms with Crippen LogP contribution >= 0.6 is 0 Å². The van der Waals surface area contributed by atoms with E-state index in [1.807, 2.05) is 0 Å². The molecule has 8 N–H and O–H groups in total. The first-order chi connectivity index (χ1) is 15.7. The lowest BCUT2D eigenvalue weighted by Crippen LogP contribution is -2.73. The molecule has 0 aromatic carbocycles. The molecule has 2 aliphatic heterocycles. The number of carbonyl (C=O) groups is 1. The molecular formula is C21H36O12. The van der Waals surface area contributed by atoms with Gasteiger partial charge in [-0.2, -0.15) is 0 Å². The van der Waals surface area contributed by atoms with Crippen LogP contribution in [-0.4, -0.2) is 121 Å². The molecule has 1 saturated carbocycles. The molecule has 2 saturated heterocycles. The van der Waals surface area contributed by atoms with Crippen molar-refractivity contribution in [3.8, 4) is 0 Å². The van der Waals surface area contributed by atoms with Crippen LogP contribution in [0.15, 0.2) is 0 Å². The fraction of sp³-hybridized carbons (Fsp3) is 0.952. The van der Waals surface area contributed by atoms with E-state index in [0.717, 1.165) is 32.1 Å². The van der Waals surface area contributed by atoms with Crippen molar-refractivity contribution < 1.29 is 59.9 Å². The third-order valence-corrected chi connectivity index (χ3v) is 7.08. The Labute approximate surface area is 191 Å². The van der Waals surface area contributed by atoms with Gasteiger partial charge >= 0.3 is 0 Å². The van der Waals surface area contributed by atoms with Crippen molar-refractivity contribution >= 4 is 5.78 Å². The molecular weight excluding hydrogens is 444 g/mol. The maximum Gasteiger partial charge on any atom is 0.224 e. The molecule has 0 radical (unpaired) electrons. The zero-order chi connectivity index (χ0) is 24.4. The molecule has 0 bridgehead atoms. The zero-order valence-electron chi connectivity index (χ0n) is 18.4. The summed E-state index contributed by atoms with van der Waals surface area (Å²) in [6.45, 7) is -2.61. The minimum Gasteiger partial charge on any atom is -0.394 e. The van der Waals surface area contributed by atoms with E-state index in [2.05, 4.69) is 0 Å². The van der Waals surface area contributed by atoms with Crippen LogP contribution in [0.2, 0.25) is 0 Å². The number of hydrogen-bond acceptors (Lipinski definition) is 12. The van der Waals surface area contributed by atoms with Crippen LogP contribution in [0.5, 0.6) is 0 Å². The Kier molecular flexibility index (Phi) is 8.84. The molecule has 9 atom stereocenters. The van der Waals surface area contributed by atoms with Crippen LogP contribution in [0.1, 0.15) is 44.9 Å². The van der Waals surface area contributed by atoms with Gasteiger partial charge in [0, 0.05) is 5.92 Å². The zero-order valence-corrected chi connectivity index (χ0v) is 18.4. The second kappa shape index (κ2) is 10.9. The van der Waals surface area contributed by atoms with Gasteiger partial charge in [0.1, 0.15) is 43.2 Å². The van der Waals surface area contributed by atoms with E-state index >= 15 is 0 Å². The molecule has 1 unspecified atom stereocenters. The maximum absolute atomic E-state index is 13.5. The molecule has 12 heteroatoms. The Bertz CT molecular complexity index is 655. The summed E-state index contributed by atoms with van der Waals surface area (Å²) in [7, 11) is 0. The molecule has 0 aromatic heterocycles. The first-order valence-corrected chi connectivity index (χ1v) is 11.5. The Morgan fingerprint density at radius 3 is 1.91 bits per heavy atom. The van der Waals surface area contributed by atoms with Crippen molar-refractivity contribution in [2.24, 2.45) is 5.92 Å². The first kappa shape index (κ1) is 26.8. The topological polar surface area (TPSA) is 207 Å². The van der Waals surface area contributed by atoms with Crippen molar-refractivity contribution in [3.05, 3.63) is 0 Å². The average molecular weight is 481 g/mol. The van der Waals surface area contributed by atoms with E-state index in [1.54, 1.807) is 0 Å². The number of ether oxygens (including phenoxy) is 3. The van der Waals surface area contributed by atoms with Gasteiger partial charge in [-0.1, -0.05) is 32.1 Å². The number of Topliss-reactive ketones (excluding diaryl/α,β-unsaturated/α-hetero) is 1. The van der Waals surface area contributed by atoms with Gasteiger partial charge in [0.15, 0.2) is 12.1 Å². The van der Waals surface area contributed by atoms with Gasteiger partial charge in [0.25, 0.3) is 0 Å². The highest BCUT2D eigenvalue weighted by atomic mass is 16.8. The van der Waals surface area contributed by atoms with Crippen molar-refractivity contribution in [2.75, 3.05) is 19.8 Å². The molecule has 2 heterocycles. The number of hydrogen-bond donors (Lipinski definition) is 8. The van der Waals surface area contributed by atoms with Crippen LogP contribution in [0, 0.1) is 5.92 Å². The highest BCUT2D eigenvalue weighted by molar-refractivity contribution is 5.90. The third-order valence-electron chi connectivity index (χ3n) is 7.08. The van der Waals surface area contributed by atoms with Crippen molar-refractivity contribution in [1.29, 1.82) is 0 Å². The Morgan fingerprint density at radius 2 is 1.39 bits per heavy atom. The normalized spacial score (nSPS) is 45.5. The fourth-order valence-electron chi connectivity index (χ4n) is 4.97. The number of ketones is 1. The largest absolute Gasteiger partial charge is 0.394 e. The van der Waals surface area contributed by atoms with Gasteiger partial charge in [-0.25, -0.2) is 0 Å². The molecule has 3 fully saturated rings. The second-order valence-corrected chi connectivity index (χ2v) is 9.22. The smallest absolute Gasteiger partial charge is 0.224 e. The summed E-state index contributed by atoms with van der Waals surface area (Å²) in [6, 6.07) is 0. The van der Waals surface area contributed by atoms with Gasteiger partial charge in [0.2, 0.25) is 11.4 Å². The van der Waals surface area contributed by atoms with Gasteiger partial charge in [-0.05, 0) is 12.8 Å². The van der Waals surface area contributed by atoms with Gasteiger partial charge < -0.3 is 55.1 Å². The predicted octanol–water partition coefficient (Wildman–Crippen LogP) is -3.10. The van der Waals surface area contributed by atoms with Crippen LogP contribution in [0.4, 0.5) is 0 Å². The lowest BCUT2D eigenvalue weighted by molar-refractivity contribution is -0.398. The maximum atomic E-state index is 13.5. The second-order valence-electron chi connectivity index (χ2n) is 9.22. The first-order valence-electron chi connectivity index (χ1n) is 11.5. The summed E-state index contributed by atoms with van der Waals surface area (Å²) < 4.78 is 16.3. The summed E-state index contributed by atoms with van der Waals surface area (Å²) in [5.41, 5.74) is -2.83. The quantitative estimate of drug-likeness (QED) is 0.182. The summed E-state index contributed by atoms with van der Waals surface area (Å²) in [5.74, 6) is -3.93. The van der Waals surface area contributed by atoms with Crippen molar-refractivity contribution in [1.82, 2.24) is 0 Å². The highest BCUT2D eigenvalue weighted by Crippen LogP contribution is 2.41. The molecule has 12 nitrogen and oxygen atoms in total. The molecule has 0 aromatic rings. The van der Waals surface area contributed by atoms with Crippen LogP contribution in [-0.2, 0) is 19.0 Å². The minimum atomic E-state index is -2.83. The SMILES string of the molecule is O=C(C1CCCCCCC1)[C@]1(O)[C@@H](OC2(CO)O[C@H](CO)[C@@H](O)[C@@H]2O)O[C@H](CO)[C@@H](O)[C@@H]1O. The molecule has 0 amide bonds. The summed E-state index contributed by atoms with van der Waals surface area (Å²) >= 11 is 0. The van der Waals surface area contributed by atoms with Crippen LogP contribution in [0.3, 0.4) is 0 Å². The highest BCUT2D eigenvalue weighted by Gasteiger charge is 2.65. The molecule has 0 spiro atoms. The van der Waals surface area contributed by atoms with Crippen LogP contribution < -0.4 is 0 Å². The molecule has 192 valence electrons. The predicted molar refractivity (Wildman–Crippen MR) is 108 cm³/mol. The van der Waals surface area contributed by atoms with Gasteiger partial charge in [0.05, 0.1) is 13.2 Å². The van der Waals surface area contributed by atoms with Gasteiger partial charge in [-0.3, -0.25) is 4.79 Å². The third kappa shape index (κ3) is 4.84. The average Bonchev–Trinajstić information content (AvgIpc) is 3.03. The summed E-state index contributed by atoms with van der Waals surface area (Å²) in [6.07, 6.45) is -7.29. The van der Waals surface area contributed by atoms with E-state index in [0.29, 0.717) is 12.8 Å². The van der Waals surface area contributed by atoms with Gasteiger partial charge in [-0.15, -0.1) is 0 Å². The number of aliphatic hydroxyl groups is 8. The van der Waals surface area contributed by atoms with Crippen molar-refractivity contribution in [2.45, 2.75) is 99.2 Å². The monoisotopic (exact) mass is 480 g/mol. The van der Waals surface area contributed by atoms with Crippen molar-refractivity contribution in [3.63, 3.8) is 0 Å².